The zero-order valence-corrected chi connectivity index (χ0v) is 33.7. The third-order valence-electron chi connectivity index (χ3n) is 21.1. The highest BCUT2D eigenvalue weighted by Gasteiger charge is 2.66. The highest BCUT2D eigenvalue weighted by atomic mass is 14.7. The number of hydrogen-bond donors (Lipinski definition) is 0. The van der Waals surface area contributed by atoms with Gasteiger partial charge in [-0.25, -0.2) is 0 Å². The first kappa shape index (κ1) is 31.9. The quantitative estimate of drug-likeness (QED) is 0.289. The summed E-state index contributed by atoms with van der Waals surface area (Å²) in [5.74, 6) is 10.9. The van der Waals surface area contributed by atoms with E-state index in [0.717, 1.165) is 59.2 Å². The summed E-state index contributed by atoms with van der Waals surface area (Å²) in [5, 5.41) is 0. The maximum Gasteiger partial charge on any atom is 0.0204 e. The van der Waals surface area contributed by atoms with Gasteiger partial charge in [-0.15, -0.1) is 0 Å². The molecule has 1 unspecified atom stereocenters. The average Bonchev–Trinajstić information content (AvgIpc) is 3.81. The van der Waals surface area contributed by atoms with E-state index in [2.05, 4.69) is 62.4 Å². The van der Waals surface area contributed by atoms with Gasteiger partial charge in [-0.2, -0.15) is 0 Å². The lowest BCUT2D eigenvalue weighted by Gasteiger charge is -2.64. The van der Waals surface area contributed by atoms with E-state index in [1.807, 2.05) is 11.1 Å². The highest BCUT2D eigenvalue weighted by molar-refractivity contribution is 5.82. The van der Waals surface area contributed by atoms with E-state index in [0.29, 0.717) is 28.1 Å². The van der Waals surface area contributed by atoms with Gasteiger partial charge in [0.15, 0.2) is 0 Å². The SMILES string of the molecule is CC(C)[C@]1(C2c3ccc(C45CC6CC(CC(C6)C4)C5)cc3-c3cc(C45CC6CC(CC(C6)C4)C5)ccc32)C2=C(CC=C2)CC1C12CC3CC(CC(C3)C1)C2. The van der Waals surface area contributed by atoms with Crippen LogP contribution in [0.25, 0.3) is 11.1 Å². The maximum atomic E-state index is 2.90. The molecule has 2 aromatic carbocycles. The number of benzene rings is 2. The van der Waals surface area contributed by atoms with Crippen molar-refractivity contribution < 1.29 is 0 Å². The Balaban J connectivity index is 0.974. The summed E-state index contributed by atoms with van der Waals surface area (Å²) in [4.78, 5) is 0. The first-order valence-electron chi connectivity index (χ1n) is 24.0. The minimum Gasteiger partial charge on any atom is -0.0802 e. The second kappa shape index (κ2) is 10.5. The summed E-state index contributed by atoms with van der Waals surface area (Å²) in [6.07, 6.45) is 35.3. The molecule has 0 spiro atoms. The van der Waals surface area contributed by atoms with Gasteiger partial charge in [-0.05, 0) is 249 Å². The van der Waals surface area contributed by atoms with Crippen molar-refractivity contribution in [3.8, 4) is 11.1 Å². The van der Waals surface area contributed by atoms with E-state index in [9.17, 15) is 0 Å². The molecule has 0 heteroatoms. The largest absolute Gasteiger partial charge is 0.0802 e. The van der Waals surface area contributed by atoms with Crippen molar-refractivity contribution in [2.75, 3.05) is 0 Å². The number of fused-ring (bicyclic) bond motifs is 3. The molecule has 0 nitrogen and oxygen atoms in total. The van der Waals surface area contributed by atoms with Crippen molar-refractivity contribution >= 4 is 0 Å². The molecular weight excluding hydrogens is 649 g/mol. The molecule has 12 bridgehead atoms. The Morgan fingerprint density at radius 3 is 1.33 bits per heavy atom. The van der Waals surface area contributed by atoms with Crippen molar-refractivity contribution in [2.24, 2.45) is 75.9 Å². The van der Waals surface area contributed by atoms with Crippen molar-refractivity contribution in [3.63, 3.8) is 0 Å². The van der Waals surface area contributed by atoms with E-state index in [-0.39, 0.29) is 5.41 Å². The third kappa shape index (κ3) is 4.00. The molecular formula is C54H66. The zero-order valence-electron chi connectivity index (χ0n) is 33.7. The van der Waals surface area contributed by atoms with Crippen molar-refractivity contribution in [1.82, 2.24) is 0 Å². The average molecular weight is 715 g/mol. The van der Waals surface area contributed by atoms with Gasteiger partial charge < -0.3 is 0 Å². The van der Waals surface area contributed by atoms with Gasteiger partial charge in [-0.1, -0.05) is 68.0 Å². The minimum atomic E-state index is 0.193. The Hall–Kier alpha value is -2.08. The van der Waals surface area contributed by atoms with Crippen LogP contribution in [0.5, 0.6) is 0 Å². The predicted molar refractivity (Wildman–Crippen MR) is 220 cm³/mol. The predicted octanol–water partition coefficient (Wildman–Crippen LogP) is 13.9. The van der Waals surface area contributed by atoms with Crippen LogP contribution < -0.4 is 0 Å². The monoisotopic (exact) mass is 715 g/mol. The van der Waals surface area contributed by atoms with Gasteiger partial charge in [0, 0.05) is 11.3 Å². The molecule has 0 saturated heterocycles. The van der Waals surface area contributed by atoms with Crippen LogP contribution in [0, 0.1) is 75.9 Å². The fraction of sp³-hybridized carbons (Fsp3) is 0.704. The van der Waals surface area contributed by atoms with E-state index in [1.54, 1.807) is 71.9 Å². The number of hydrogen-bond acceptors (Lipinski definition) is 0. The molecule has 17 rings (SSSR count). The highest BCUT2D eigenvalue weighted by Crippen LogP contribution is 2.76. The normalized spacial score (nSPS) is 50.5. The van der Waals surface area contributed by atoms with Gasteiger partial charge in [-0.3, -0.25) is 0 Å². The van der Waals surface area contributed by atoms with Gasteiger partial charge in [0.1, 0.15) is 0 Å². The van der Waals surface area contributed by atoms with Crippen LogP contribution in [-0.4, -0.2) is 0 Å². The van der Waals surface area contributed by atoms with Crippen molar-refractivity contribution in [2.45, 2.75) is 159 Å². The van der Waals surface area contributed by atoms with Crippen LogP contribution in [0.3, 0.4) is 0 Å². The molecule has 12 fully saturated rings. The Bertz CT molecular complexity index is 1830. The first-order valence-corrected chi connectivity index (χ1v) is 24.0. The summed E-state index contributed by atoms with van der Waals surface area (Å²) < 4.78 is 0. The molecule has 15 aliphatic carbocycles. The van der Waals surface area contributed by atoms with Crippen LogP contribution in [0.1, 0.15) is 170 Å². The van der Waals surface area contributed by atoms with Crippen LogP contribution in [0.15, 0.2) is 59.7 Å². The van der Waals surface area contributed by atoms with Crippen LogP contribution in [-0.2, 0) is 10.8 Å². The molecule has 15 aliphatic rings. The second-order valence-corrected chi connectivity index (χ2v) is 24.2. The summed E-state index contributed by atoms with van der Waals surface area (Å²) in [5.41, 5.74) is 15.8. The van der Waals surface area contributed by atoms with Gasteiger partial charge in [0.25, 0.3) is 0 Å². The molecule has 2 aromatic rings. The van der Waals surface area contributed by atoms with E-state index in [1.165, 1.54) is 89.9 Å². The maximum absolute atomic E-state index is 2.90. The zero-order chi connectivity index (χ0) is 35.3. The topological polar surface area (TPSA) is 0 Å². The lowest BCUT2D eigenvalue weighted by molar-refractivity contribution is -0.121. The standard InChI is InChI=1S/C54H66/c1-31(2)54(48-5-3-4-41(48)19-49(54)53-28-38-16-39(29-53)18-40(17-38)30-53)50-44-8-6-42(51-22-32-10-33(23-51)12-34(11-32)24-51)20-46(44)47-21-43(7-9-45(47)50)52-25-35-13-36(26-52)15-37(14-35)27-52/h3,5-9,20-21,31-40,49-50H,4,10-19,22-30H2,1-2H3/t32?,33?,34?,35?,36?,37?,38?,39?,40?,49?,50?,51?,52?,53?,54-/m0/s1. The Labute approximate surface area is 326 Å². The number of allylic oxidation sites excluding steroid dienone is 4. The lowest BCUT2D eigenvalue weighted by Crippen LogP contribution is -2.55. The van der Waals surface area contributed by atoms with Crippen LogP contribution in [0.2, 0.25) is 0 Å². The van der Waals surface area contributed by atoms with Crippen LogP contribution >= 0.6 is 0 Å². The Morgan fingerprint density at radius 1 is 0.519 bits per heavy atom. The molecule has 0 aromatic heterocycles. The Morgan fingerprint density at radius 2 is 0.926 bits per heavy atom. The first-order chi connectivity index (χ1) is 26.3. The van der Waals surface area contributed by atoms with E-state index >= 15 is 0 Å². The Kier molecular flexibility index (Phi) is 6.21. The summed E-state index contributed by atoms with van der Waals surface area (Å²) >= 11 is 0. The third-order valence-corrected chi connectivity index (χ3v) is 21.1. The molecule has 54 heavy (non-hydrogen) atoms. The van der Waals surface area contributed by atoms with Gasteiger partial charge >= 0.3 is 0 Å². The molecule has 282 valence electrons. The summed E-state index contributed by atoms with van der Waals surface area (Å²) in [7, 11) is 0. The fourth-order valence-electron chi connectivity index (χ4n) is 20.9. The molecule has 0 radical (unpaired) electrons. The smallest absolute Gasteiger partial charge is 0.0204 e. The summed E-state index contributed by atoms with van der Waals surface area (Å²) in [6, 6.07) is 16.9. The molecule has 0 amide bonds. The minimum absolute atomic E-state index is 0.193. The van der Waals surface area contributed by atoms with Crippen molar-refractivity contribution in [3.05, 3.63) is 82.0 Å². The summed E-state index contributed by atoms with van der Waals surface area (Å²) in [6.45, 7) is 5.39. The van der Waals surface area contributed by atoms with E-state index < -0.39 is 0 Å². The molecule has 0 aliphatic heterocycles. The van der Waals surface area contributed by atoms with E-state index in [4.69, 9.17) is 0 Å². The lowest BCUT2D eigenvalue weighted by atomic mass is 9.41. The molecule has 0 heterocycles. The van der Waals surface area contributed by atoms with Gasteiger partial charge in [0.2, 0.25) is 0 Å². The molecule has 12 saturated carbocycles. The molecule has 0 N–H and O–H groups in total. The fourth-order valence-corrected chi connectivity index (χ4v) is 20.9. The van der Waals surface area contributed by atoms with Crippen LogP contribution in [0.4, 0.5) is 0 Å². The number of rotatable bonds is 5. The van der Waals surface area contributed by atoms with Gasteiger partial charge in [0.05, 0.1) is 0 Å². The second-order valence-electron chi connectivity index (χ2n) is 24.2. The molecule has 2 atom stereocenters. The van der Waals surface area contributed by atoms with Crippen molar-refractivity contribution in [1.29, 1.82) is 0 Å².